The maximum absolute atomic E-state index is 13.5. The Balaban J connectivity index is 3.16. The molecule has 1 rings (SSSR count). The van der Waals surface area contributed by atoms with Gasteiger partial charge >= 0.3 is 0 Å². The molecule has 0 radical (unpaired) electrons. The van der Waals surface area contributed by atoms with Gasteiger partial charge in [0.15, 0.2) is 0 Å². The molecule has 102 valence electrons. The Bertz CT molecular complexity index is 527. The number of hydrogen-bond acceptors (Lipinski definition) is 3. The van der Waals surface area contributed by atoms with E-state index < -0.39 is 39.2 Å². The van der Waals surface area contributed by atoms with Crippen molar-refractivity contribution in [3.05, 3.63) is 29.3 Å². The molecule has 1 aromatic rings. The number of aryl methyl sites for hydroxylation is 1. The van der Waals surface area contributed by atoms with Gasteiger partial charge in [-0.2, -0.15) is 0 Å². The first-order valence-electron chi connectivity index (χ1n) is 5.40. The van der Waals surface area contributed by atoms with Gasteiger partial charge in [0.05, 0.1) is 6.61 Å². The predicted octanol–water partition coefficient (Wildman–Crippen LogP) is 1.32. The van der Waals surface area contributed by atoms with Crippen LogP contribution in [-0.2, 0) is 10.0 Å². The lowest BCUT2D eigenvalue weighted by Crippen LogP contribution is -2.37. The molecule has 0 spiro atoms. The van der Waals surface area contributed by atoms with Crippen LogP contribution in [0.25, 0.3) is 0 Å². The molecule has 0 saturated heterocycles. The zero-order valence-corrected chi connectivity index (χ0v) is 10.9. The van der Waals surface area contributed by atoms with E-state index in [4.69, 9.17) is 5.11 Å². The highest BCUT2D eigenvalue weighted by molar-refractivity contribution is 7.89. The lowest BCUT2D eigenvalue weighted by Gasteiger charge is -2.15. The first kappa shape index (κ1) is 15.0. The molecule has 0 aliphatic heterocycles. The number of sulfonamides is 1. The van der Waals surface area contributed by atoms with Crippen LogP contribution in [0.3, 0.4) is 0 Å². The number of rotatable bonds is 5. The van der Waals surface area contributed by atoms with E-state index >= 15 is 0 Å². The molecule has 0 fully saturated rings. The van der Waals surface area contributed by atoms with Crippen molar-refractivity contribution in [2.45, 2.75) is 31.2 Å². The molecule has 4 nitrogen and oxygen atoms in total. The van der Waals surface area contributed by atoms with Gasteiger partial charge in [-0.3, -0.25) is 0 Å². The molecule has 1 atom stereocenters. The quantitative estimate of drug-likeness (QED) is 0.854. The molecule has 7 heteroatoms. The van der Waals surface area contributed by atoms with Crippen molar-refractivity contribution in [1.82, 2.24) is 4.72 Å². The molecule has 2 N–H and O–H groups in total. The Labute approximate surface area is 105 Å². The highest BCUT2D eigenvalue weighted by Crippen LogP contribution is 2.19. The topological polar surface area (TPSA) is 66.4 Å². The van der Waals surface area contributed by atoms with E-state index in [9.17, 15) is 17.2 Å². The van der Waals surface area contributed by atoms with Gasteiger partial charge in [-0.1, -0.05) is 6.92 Å². The Morgan fingerprint density at radius 3 is 2.44 bits per heavy atom. The average molecular weight is 279 g/mol. The van der Waals surface area contributed by atoms with E-state index in [0.717, 1.165) is 6.07 Å². The molecule has 1 aromatic carbocycles. The lowest BCUT2D eigenvalue weighted by molar-refractivity contribution is 0.253. The SMILES string of the molecule is CCC(CO)NS(=O)(=O)c1cc(F)c(C)cc1F. The molecular formula is C11H15F2NO3S. The second-order valence-corrected chi connectivity index (χ2v) is 5.62. The number of hydrogen-bond donors (Lipinski definition) is 2. The molecule has 0 saturated carbocycles. The van der Waals surface area contributed by atoms with E-state index in [0.29, 0.717) is 12.5 Å². The summed E-state index contributed by atoms with van der Waals surface area (Å²) in [5.74, 6) is -1.82. The predicted molar refractivity (Wildman–Crippen MR) is 62.6 cm³/mol. The first-order chi connectivity index (χ1) is 8.31. The summed E-state index contributed by atoms with van der Waals surface area (Å²) in [6.45, 7) is 2.59. The highest BCUT2D eigenvalue weighted by atomic mass is 32.2. The van der Waals surface area contributed by atoms with Crippen LogP contribution in [0.2, 0.25) is 0 Å². The molecule has 1 unspecified atom stereocenters. The third kappa shape index (κ3) is 3.24. The van der Waals surface area contributed by atoms with E-state index in [-0.39, 0.29) is 5.56 Å². The van der Waals surface area contributed by atoms with Crippen LogP contribution in [0.15, 0.2) is 17.0 Å². The zero-order valence-electron chi connectivity index (χ0n) is 10.1. The van der Waals surface area contributed by atoms with Crippen molar-refractivity contribution in [3.8, 4) is 0 Å². The van der Waals surface area contributed by atoms with Crippen LogP contribution in [0.5, 0.6) is 0 Å². The van der Waals surface area contributed by atoms with Crippen LogP contribution in [-0.4, -0.2) is 26.2 Å². The summed E-state index contributed by atoms with van der Waals surface area (Å²) in [4.78, 5) is -0.752. The van der Waals surface area contributed by atoms with Gasteiger partial charge in [0.2, 0.25) is 10.0 Å². The summed E-state index contributed by atoms with van der Waals surface area (Å²) in [6, 6.07) is 0.736. The summed E-state index contributed by atoms with van der Waals surface area (Å²) in [5, 5.41) is 8.91. The minimum Gasteiger partial charge on any atom is -0.395 e. The summed E-state index contributed by atoms with van der Waals surface area (Å²) in [5.41, 5.74) is 0.0284. The fraction of sp³-hybridized carbons (Fsp3) is 0.455. The molecule has 0 amide bonds. The zero-order chi connectivity index (χ0) is 13.9. The van der Waals surface area contributed by atoms with Gasteiger partial charge in [-0.15, -0.1) is 0 Å². The standard InChI is InChI=1S/C11H15F2NO3S/c1-3-8(6-15)14-18(16,17)11-5-9(12)7(2)4-10(11)13/h4-5,8,14-15H,3,6H2,1-2H3. The number of benzene rings is 1. The van der Waals surface area contributed by atoms with Gasteiger partial charge in [0.1, 0.15) is 16.5 Å². The Hall–Kier alpha value is -1.05. The molecule has 18 heavy (non-hydrogen) atoms. The van der Waals surface area contributed by atoms with E-state index in [1.165, 1.54) is 6.92 Å². The maximum atomic E-state index is 13.5. The van der Waals surface area contributed by atoms with Gasteiger partial charge in [-0.25, -0.2) is 21.9 Å². The first-order valence-corrected chi connectivity index (χ1v) is 6.89. The normalized spacial score (nSPS) is 13.6. The van der Waals surface area contributed by atoms with Crippen LogP contribution in [0.1, 0.15) is 18.9 Å². The summed E-state index contributed by atoms with van der Waals surface area (Å²) in [7, 11) is -4.18. The fourth-order valence-electron chi connectivity index (χ4n) is 1.37. The third-order valence-corrected chi connectivity index (χ3v) is 4.07. The van der Waals surface area contributed by atoms with Crippen molar-refractivity contribution in [1.29, 1.82) is 0 Å². The molecule has 0 aliphatic carbocycles. The average Bonchev–Trinajstić information content (AvgIpc) is 2.30. The summed E-state index contributed by atoms with van der Waals surface area (Å²) >= 11 is 0. The molecule has 0 aromatic heterocycles. The van der Waals surface area contributed by atoms with Gasteiger partial charge in [-0.05, 0) is 31.0 Å². The second-order valence-electron chi connectivity index (χ2n) is 3.94. The monoisotopic (exact) mass is 279 g/mol. The van der Waals surface area contributed by atoms with Crippen LogP contribution in [0, 0.1) is 18.6 Å². The van der Waals surface area contributed by atoms with Crippen molar-refractivity contribution >= 4 is 10.0 Å². The minimum absolute atomic E-state index is 0.0284. The largest absolute Gasteiger partial charge is 0.395 e. The molecule has 0 bridgehead atoms. The molecule has 0 heterocycles. The molecular weight excluding hydrogens is 264 g/mol. The summed E-state index contributed by atoms with van der Waals surface area (Å²) < 4.78 is 52.6. The van der Waals surface area contributed by atoms with E-state index in [2.05, 4.69) is 4.72 Å². The molecule has 0 aliphatic rings. The van der Waals surface area contributed by atoms with Crippen LogP contribution in [0.4, 0.5) is 8.78 Å². The second kappa shape index (κ2) is 5.73. The minimum atomic E-state index is -4.18. The Morgan fingerprint density at radius 1 is 1.33 bits per heavy atom. The number of halogens is 2. The fourth-order valence-corrected chi connectivity index (χ4v) is 2.75. The Morgan fingerprint density at radius 2 is 1.94 bits per heavy atom. The highest BCUT2D eigenvalue weighted by Gasteiger charge is 2.23. The maximum Gasteiger partial charge on any atom is 0.243 e. The third-order valence-electron chi connectivity index (χ3n) is 2.54. The Kier molecular flexibility index (Phi) is 4.78. The van der Waals surface area contributed by atoms with Crippen molar-refractivity contribution < 1.29 is 22.3 Å². The van der Waals surface area contributed by atoms with Crippen LogP contribution >= 0.6 is 0 Å². The van der Waals surface area contributed by atoms with Crippen LogP contribution < -0.4 is 4.72 Å². The lowest BCUT2D eigenvalue weighted by atomic mass is 10.2. The van der Waals surface area contributed by atoms with Crippen molar-refractivity contribution in [2.75, 3.05) is 6.61 Å². The van der Waals surface area contributed by atoms with Crippen molar-refractivity contribution in [3.63, 3.8) is 0 Å². The van der Waals surface area contributed by atoms with Gasteiger partial charge in [0.25, 0.3) is 0 Å². The van der Waals surface area contributed by atoms with Crippen molar-refractivity contribution in [2.24, 2.45) is 0 Å². The number of aliphatic hydroxyl groups is 1. The smallest absolute Gasteiger partial charge is 0.243 e. The van der Waals surface area contributed by atoms with Gasteiger partial charge in [0, 0.05) is 6.04 Å². The van der Waals surface area contributed by atoms with E-state index in [1.54, 1.807) is 6.92 Å². The number of nitrogens with one attached hydrogen (secondary N) is 1. The van der Waals surface area contributed by atoms with E-state index in [1.807, 2.05) is 0 Å². The summed E-state index contributed by atoms with van der Waals surface area (Å²) in [6.07, 6.45) is 0.339. The van der Waals surface area contributed by atoms with Gasteiger partial charge < -0.3 is 5.11 Å². The number of aliphatic hydroxyl groups excluding tert-OH is 1.